The number of rotatable bonds is 4. The number of aromatic amines is 1. The highest BCUT2D eigenvalue weighted by Gasteiger charge is 2.35. The first-order chi connectivity index (χ1) is 10.7. The van der Waals surface area contributed by atoms with E-state index in [4.69, 9.17) is 9.47 Å². The topological polar surface area (TPSA) is 96.5 Å². The fraction of sp³-hybridized carbons (Fsp3) is 0.333. The number of carbonyl (C=O) groups is 1. The van der Waals surface area contributed by atoms with Crippen molar-refractivity contribution in [3.8, 4) is 11.5 Å². The van der Waals surface area contributed by atoms with Gasteiger partial charge in [0.2, 0.25) is 0 Å². The molecule has 0 spiro atoms. The van der Waals surface area contributed by atoms with Gasteiger partial charge in [-0.3, -0.25) is 10.1 Å². The molecule has 0 saturated carbocycles. The number of carboxylic acid groups (broad SMARTS) is 1. The molecule has 0 unspecified atom stereocenters. The van der Waals surface area contributed by atoms with Gasteiger partial charge in [-0.15, -0.1) is 0 Å². The van der Waals surface area contributed by atoms with Crippen molar-refractivity contribution >= 4 is 5.97 Å². The van der Waals surface area contributed by atoms with Gasteiger partial charge in [-0.2, -0.15) is 0 Å². The molecule has 3 N–H and O–H groups in total. The zero-order valence-electron chi connectivity index (χ0n) is 12.3. The van der Waals surface area contributed by atoms with E-state index in [1.807, 2.05) is 12.1 Å². The maximum atomic E-state index is 11.4. The van der Waals surface area contributed by atoms with Gasteiger partial charge in [0, 0.05) is 17.7 Å². The third-order valence-electron chi connectivity index (χ3n) is 3.84. The molecule has 7 nitrogen and oxygen atoms in total. The summed E-state index contributed by atoms with van der Waals surface area (Å²) in [5.41, 5.74) is 2.39. The summed E-state index contributed by atoms with van der Waals surface area (Å²) in [7, 11) is 3.13. The Morgan fingerprint density at radius 2 is 2.18 bits per heavy atom. The minimum absolute atomic E-state index is 0.369. The SMILES string of the molecule is COc1cccc([C@H]2N[C@H](C(=O)O)Cc3[nH]cnc32)c1OC. The number of benzene rings is 1. The van der Waals surface area contributed by atoms with Gasteiger partial charge in [0.25, 0.3) is 0 Å². The van der Waals surface area contributed by atoms with Crippen LogP contribution in [0.5, 0.6) is 11.5 Å². The third kappa shape index (κ3) is 2.29. The maximum absolute atomic E-state index is 11.4. The fourth-order valence-electron chi connectivity index (χ4n) is 2.82. The van der Waals surface area contributed by atoms with Crippen molar-refractivity contribution < 1.29 is 19.4 Å². The molecule has 1 aromatic carbocycles. The molecule has 0 amide bonds. The van der Waals surface area contributed by atoms with Crippen LogP contribution in [0.3, 0.4) is 0 Å². The van der Waals surface area contributed by atoms with Gasteiger partial charge < -0.3 is 19.6 Å². The van der Waals surface area contributed by atoms with Crippen LogP contribution in [-0.2, 0) is 11.2 Å². The Hall–Kier alpha value is -2.54. The molecule has 0 saturated heterocycles. The number of hydrogen-bond donors (Lipinski definition) is 3. The lowest BCUT2D eigenvalue weighted by Gasteiger charge is -2.29. The first kappa shape index (κ1) is 14.4. The summed E-state index contributed by atoms with van der Waals surface area (Å²) < 4.78 is 10.8. The van der Waals surface area contributed by atoms with Gasteiger partial charge >= 0.3 is 5.97 Å². The summed E-state index contributed by atoms with van der Waals surface area (Å²) >= 11 is 0. The molecule has 3 rings (SSSR count). The molecule has 0 bridgehead atoms. The molecule has 2 aromatic rings. The van der Waals surface area contributed by atoms with E-state index in [1.165, 1.54) is 0 Å². The second-order valence-corrected chi connectivity index (χ2v) is 5.04. The van der Waals surface area contributed by atoms with E-state index in [0.717, 1.165) is 17.0 Å². The van der Waals surface area contributed by atoms with Crippen molar-refractivity contribution in [2.45, 2.75) is 18.5 Å². The molecule has 2 atom stereocenters. The van der Waals surface area contributed by atoms with Crippen LogP contribution in [0.1, 0.15) is 23.0 Å². The maximum Gasteiger partial charge on any atom is 0.321 e. The first-order valence-corrected chi connectivity index (χ1v) is 6.87. The number of ether oxygens (including phenoxy) is 2. The lowest BCUT2D eigenvalue weighted by Crippen LogP contribution is -2.45. The first-order valence-electron chi connectivity index (χ1n) is 6.87. The highest BCUT2D eigenvalue weighted by Crippen LogP contribution is 2.39. The number of nitrogens with one attached hydrogen (secondary N) is 2. The quantitative estimate of drug-likeness (QED) is 0.783. The van der Waals surface area contributed by atoms with Crippen LogP contribution in [0.4, 0.5) is 0 Å². The van der Waals surface area contributed by atoms with Crippen LogP contribution >= 0.6 is 0 Å². The number of nitrogens with zero attached hydrogens (tertiary/aromatic N) is 1. The predicted octanol–water partition coefficient (Wildman–Crippen LogP) is 1.12. The molecule has 1 aliphatic rings. The second kappa shape index (κ2) is 5.69. The number of methoxy groups -OCH3 is 2. The van der Waals surface area contributed by atoms with Crippen molar-refractivity contribution in [3.63, 3.8) is 0 Å². The summed E-state index contributed by atoms with van der Waals surface area (Å²) in [5, 5.41) is 12.5. The number of aromatic nitrogens is 2. The van der Waals surface area contributed by atoms with Crippen LogP contribution < -0.4 is 14.8 Å². The van der Waals surface area contributed by atoms with Crippen LogP contribution in [0, 0.1) is 0 Å². The number of H-pyrrole nitrogens is 1. The zero-order chi connectivity index (χ0) is 15.7. The van der Waals surface area contributed by atoms with Crippen molar-refractivity contribution in [2.75, 3.05) is 14.2 Å². The largest absolute Gasteiger partial charge is 0.493 e. The highest BCUT2D eigenvalue weighted by molar-refractivity contribution is 5.74. The fourth-order valence-corrected chi connectivity index (χ4v) is 2.82. The molecule has 116 valence electrons. The van der Waals surface area contributed by atoms with E-state index < -0.39 is 12.0 Å². The number of para-hydroxylation sites is 1. The predicted molar refractivity (Wildman–Crippen MR) is 78.2 cm³/mol. The van der Waals surface area contributed by atoms with Crippen LogP contribution in [0.25, 0.3) is 0 Å². The van der Waals surface area contributed by atoms with Crippen molar-refractivity contribution in [1.82, 2.24) is 15.3 Å². The number of hydrogen-bond acceptors (Lipinski definition) is 5. The molecule has 0 radical (unpaired) electrons. The lowest BCUT2D eigenvalue weighted by atomic mass is 9.93. The van der Waals surface area contributed by atoms with Crippen LogP contribution in [0.2, 0.25) is 0 Å². The Kier molecular flexibility index (Phi) is 3.72. The molecule has 2 heterocycles. The summed E-state index contributed by atoms with van der Waals surface area (Å²) in [5.74, 6) is 0.269. The zero-order valence-corrected chi connectivity index (χ0v) is 12.3. The molecule has 1 aliphatic heterocycles. The summed E-state index contributed by atoms with van der Waals surface area (Å²) in [4.78, 5) is 18.7. The summed E-state index contributed by atoms with van der Waals surface area (Å²) in [6.07, 6.45) is 1.95. The number of aliphatic carboxylic acids is 1. The molecular formula is C15H17N3O4. The van der Waals surface area contributed by atoms with E-state index in [9.17, 15) is 9.90 Å². The molecule has 22 heavy (non-hydrogen) atoms. The molecular weight excluding hydrogens is 286 g/mol. The van der Waals surface area contributed by atoms with Crippen molar-refractivity contribution in [3.05, 3.63) is 41.5 Å². The van der Waals surface area contributed by atoms with E-state index in [2.05, 4.69) is 15.3 Å². The van der Waals surface area contributed by atoms with Gasteiger partial charge in [-0.25, -0.2) is 4.98 Å². The van der Waals surface area contributed by atoms with Gasteiger partial charge in [0.15, 0.2) is 11.5 Å². The standard InChI is InChI=1S/C15H17N3O4/c1-21-11-5-3-4-8(14(11)22-2)12-13-9(16-7-17-13)6-10(18-12)15(19)20/h3-5,7,10,12,18H,6H2,1-2H3,(H,16,17)(H,19,20)/t10-,12+/m0/s1. The number of imidazole rings is 1. The van der Waals surface area contributed by atoms with Gasteiger partial charge in [0.05, 0.1) is 32.3 Å². The summed E-state index contributed by atoms with van der Waals surface area (Å²) in [6.45, 7) is 0. The Morgan fingerprint density at radius 3 is 2.86 bits per heavy atom. The molecule has 7 heteroatoms. The molecule has 0 aliphatic carbocycles. The van der Waals surface area contributed by atoms with E-state index in [1.54, 1.807) is 26.6 Å². The minimum Gasteiger partial charge on any atom is -0.493 e. The van der Waals surface area contributed by atoms with Crippen LogP contribution in [0.15, 0.2) is 24.5 Å². The smallest absolute Gasteiger partial charge is 0.321 e. The third-order valence-corrected chi connectivity index (χ3v) is 3.84. The Balaban J connectivity index is 2.10. The van der Waals surface area contributed by atoms with Crippen molar-refractivity contribution in [1.29, 1.82) is 0 Å². The minimum atomic E-state index is -0.896. The van der Waals surface area contributed by atoms with Crippen molar-refractivity contribution in [2.24, 2.45) is 0 Å². The van der Waals surface area contributed by atoms with E-state index >= 15 is 0 Å². The highest BCUT2D eigenvalue weighted by atomic mass is 16.5. The number of carboxylic acids is 1. The normalized spacial score (nSPS) is 20.3. The van der Waals surface area contributed by atoms with Gasteiger partial charge in [0.1, 0.15) is 6.04 Å². The monoisotopic (exact) mass is 303 g/mol. The van der Waals surface area contributed by atoms with E-state index in [0.29, 0.717) is 17.9 Å². The van der Waals surface area contributed by atoms with E-state index in [-0.39, 0.29) is 6.04 Å². The number of fused-ring (bicyclic) bond motifs is 1. The average molecular weight is 303 g/mol. The Bertz CT molecular complexity index is 698. The van der Waals surface area contributed by atoms with Crippen LogP contribution in [-0.4, -0.2) is 41.3 Å². The van der Waals surface area contributed by atoms with Gasteiger partial charge in [-0.05, 0) is 6.07 Å². The lowest BCUT2D eigenvalue weighted by molar-refractivity contribution is -0.139. The second-order valence-electron chi connectivity index (χ2n) is 5.04. The Morgan fingerprint density at radius 1 is 1.36 bits per heavy atom. The molecule has 0 fully saturated rings. The molecule has 1 aromatic heterocycles. The Labute approximate surface area is 127 Å². The average Bonchev–Trinajstić information content (AvgIpc) is 3.01. The summed E-state index contributed by atoms with van der Waals surface area (Å²) in [6, 6.07) is 4.46. The van der Waals surface area contributed by atoms with Gasteiger partial charge in [-0.1, -0.05) is 12.1 Å².